The van der Waals surface area contributed by atoms with Crippen LogP contribution >= 0.6 is 0 Å². The third-order valence-corrected chi connectivity index (χ3v) is 2.48. The normalized spacial score (nSPS) is 11.4. The maximum Gasteiger partial charge on any atom is 0.305 e. The molecule has 1 aromatic rings. The molecule has 0 aliphatic carbocycles. The smallest absolute Gasteiger partial charge is 0.305 e. The molecule has 0 heterocycles. The summed E-state index contributed by atoms with van der Waals surface area (Å²) in [7, 11) is 0. The number of halogens is 5. The van der Waals surface area contributed by atoms with Crippen molar-refractivity contribution in [3.63, 3.8) is 0 Å². The van der Waals surface area contributed by atoms with Crippen LogP contribution in [0, 0.1) is 29.1 Å². The van der Waals surface area contributed by atoms with E-state index in [1.807, 2.05) is 5.32 Å². The van der Waals surface area contributed by atoms with Crippen LogP contribution in [0.1, 0.15) is 30.6 Å². The Balaban J connectivity index is 3.23. The van der Waals surface area contributed by atoms with Gasteiger partial charge in [-0.05, 0) is 13.8 Å². The lowest BCUT2D eigenvalue weighted by molar-refractivity contribution is -0.138. The Hall–Kier alpha value is -2.19. The highest BCUT2D eigenvalue weighted by Crippen LogP contribution is 2.23. The van der Waals surface area contributed by atoms with E-state index in [0.717, 1.165) is 0 Å². The van der Waals surface area contributed by atoms with Gasteiger partial charge >= 0.3 is 5.97 Å². The molecule has 21 heavy (non-hydrogen) atoms. The fourth-order valence-electron chi connectivity index (χ4n) is 1.60. The molecule has 0 saturated carbocycles. The predicted molar refractivity (Wildman–Crippen MR) is 60.0 cm³/mol. The summed E-state index contributed by atoms with van der Waals surface area (Å²) in [4.78, 5) is 22.2. The summed E-state index contributed by atoms with van der Waals surface area (Å²) in [5.74, 6) is -14.4. The number of carbonyl (C=O) groups is 2. The third-order valence-electron chi connectivity index (χ3n) is 2.48. The van der Waals surface area contributed by atoms with E-state index in [0.29, 0.717) is 0 Å². The number of rotatable bonds is 4. The minimum absolute atomic E-state index is 0.617. The van der Waals surface area contributed by atoms with Gasteiger partial charge in [-0.25, -0.2) is 22.0 Å². The summed E-state index contributed by atoms with van der Waals surface area (Å²) in [5.41, 5.74) is -3.12. The van der Waals surface area contributed by atoms with E-state index in [1.165, 1.54) is 13.8 Å². The number of carboxylic acid groups (broad SMARTS) is 1. The van der Waals surface area contributed by atoms with Crippen molar-refractivity contribution in [3.8, 4) is 0 Å². The van der Waals surface area contributed by atoms with E-state index in [4.69, 9.17) is 5.11 Å². The maximum absolute atomic E-state index is 13.4. The minimum Gasteiger partial charge on any atom is -0.481 e. The molecule has 0 bridgehead atoms. The molecule has 0 unspecified atom stereocenters. The van der Waals surface area contributed by atoms with Gasteiger partial charge in [-0.3, -0.25) is 9.59 Å². The highest BCUT2D eigenvalue weighted by Gasteiger charge is 2.32. The monoisotopic (exact) mass is 311 g/mol. The van der Waals surface area contributed by atoms with Crippen LogP contribution in [0.15, 0.2) is 0 Å². The largest absolute Gasteiger partial charge is 0.481 e. The van der Waals surface area contributed by atoms with Crippen LogP contribution in [0.5, 0.6) is 0 Å². The van der Waals surface area contributed by atoms with Gasteiger partial charge in [0.05, 0.1) is 6.42 Å². The van der Waals surface area contributed by atoms with E-state index in [1.54, 1.807) is 0 Å². The Morgan fingerprint density at radius 2 is 1.33 bits per heavy atom. The molecule has 1 rings (SSSR count). The fourth-order valence-corrected chi connectivity index (χ4v) is 1.60. The Labute approximate surface area is 115 Å². The van der Waals surface area contributed by atoms with Crippen LogP contribution in [-0.2, 0) is 4.79 Å². The van der Waals surface area contributed by atoms with Gasteiger partial charge in [0, 0.05) is 5.54 Å². The van der Waals surface area contributed by atoms with Crippen molar-refractivity contribution in [2.45, 2.75) is 25.8 Å². The lowest BCUT2D eigenvalue weighted by atomic mass is 10.00. The Morgan fingerprint density at radius 1 is 0.952 bits per heavy atom. The molecule has 116 valence electrons. The number of hydrogen-bond donors (Lipinski definition) is 2. The molecule has 1 aromatic carbocycles. The Morgan fingerprint density at radius 3 is 1.71 bits per heavy atom. The highest BCUT2D eigenvalue weighted by molar-refractivity contribution is 5.95. The average molecular weight is 311 g/mol. The van der Waals surface area contributed by atoms with Crippen LogP contribution in [0.4, 0.5) is 22.0 Å². The van der Waals surface area contributed by atoms with Crippen LogP contribution in [0.25, 0.3) is 0 Å². The van der Waals surface area contributed by atoms with Gasteiger partial charge in [-0.1, -0.05) is 0 Å². The third kappa shape index (κ3) is 3.47. The van der Waals surface area contributed by atoms with Gasteiger partial charge in [0.15, 0.2) is 23.3 Å². The quantitative estimate of drug-likeness (QED) is 0.510. The van der Waals surface area contributed by atoms with Crippen LogP contribution in [0.3, 0.4) is 0 Å². The van der Waals surface area contributed by atoms with Crippen molar-refractivity contribution in [2.75, 3.05) is 0 Å². The number of carbonyl (C=O) groups excluding carboxylic acids is 1. The van der Waals surface area contributed by atoms with Crippen molar-refractivity contribution < 1.29 is 36.6 Å². The molecule has 2 N–H and O–H groups in total. The first-order chi connectivity index (χ1) is 9.48. The molecule has 0 atom stereocenters. The second-order valence-corrected chi connectivity index (χ2v) is 4.85. The zero-order valence-electron chi connectivity index (χ0n) is 10.9. The van der Waals surface area contributed by atoms with E-state index >= 15 is 0 Å². The van der Waals surface area contributed by atoms with Gasteiger partial charge in [0.25, 0.3) is 5.91 Å². The van der Waals surface area contributed by atoms with Crippen LogP contribution in [-0.4, -0.2) is 22.5 Å². The number of hydrogen-bond acceptors (Lipinski definition) is 2. The summed E-state index contributed by atoms with van der Waals surface area (Å²) >= 11 is 0. The molecule has 0 aliphatic heterocycles. The maximum atomic E-state index is 13.4. The van der Waals surface area contributed by atoms with Crippen molar-refractivity contribution in [1.29, 1.82) is 0 Å². The second kappa shape index (κ2) is 5.66. The first-order valence-electron chi connectivity index (χ1n) is 5.53. The molecular formula is C12H10F5NO3. The van der Waals surface area contributed by atoms with Crippen molar-refractivity contribution in [3.05, 3.63) is 34.6 Å². The van der Waals surface area contributed by atoms with Gasteiger partial charge in [-0.2, -0.15) is 0 Å². The number of benzene rings is 1. The van der Waals surface area contributed by atoms with Gasteiger partial charge < -0.3 is 10.4 Å². The van der Waals surface area contributed by atoms with Crippen LogP contribution in [0.2, 0.25) is 0 Å². The molecule has 0 radical (unpaired) electrons. The molecule has 0 fully saturated rings. The second-order valence-electron chi connectivity index (χ2n) is 4.85. The SMILES string of the molecule is CC(C)(CC(=O)O)NC(=O)c1c(F)c(F)c(F)c(F)c1F. The number of carboxylic acids is 1. The predicted octanol–water partition coefficient (Wildman–Crippen LogP) is 2.37. The first-order valence-corrected chi connectivity index (χ1v) is 5.53. The van der Waals surface area contributed by atoms with Gasteiger partial charge in [-0.15, -0.1) is 0 Å². The summed E-state index contributed by atoms with van der Waals surface area (Å²) < 4.78 is 65.6. The molecule has 4 nitrogen and oxygen atoms in total. The van der Waals surface area contributed by atoms with Gasteiger partial charge in [0.1, 0.15) is 5.56 Å². The molecule has 9 heteroatoms. The lowest BCUT2D eigenvalue weighted by Crippen LogP contribution is -2.45. The van der Waals surface area contributed by atoms with E-state index in [2.05, 4.69) is 0 Å². The minimum atomic E-state index is -2.38. The summed E-state index contributed by atoms with van der Waals surface area (Å²) in [5, 5.41) is 10.5. The molecule has 0 saturated heterocycles. The van der Waals surface area contributed by atoms with E-state index in [-0.39, 0.29) is 0 Å². The Bertz CT molecular complexity index is 586. The summed E-state index contributed by atoms with van der Waals surface area (Å²) in [6, 6.07) is 0. The lowest BCUT2D eigenvalue weighted by Gasteiger charge is -2.24. The molecular weight excluding hydrogens is 301 g/mol. The average Bonchev–Trinajstić information content (AvgIpc) is 2.31. The van der Waals surface area contributed by atoms with Gasteiger partial charge in [0.2, 0.25) is 5.82 Å². The van der Waals surface area contributed by atoms with E-state index in [9.17, 15) is 31.5 Å². The fraction of sp³-hybridized carbons (Fsp3) is 0.333. The number of aliphatic carboxylic acids is 1. The first kappa shape index (κ1) is 16.9. The standard InChI is InChI=1S/C12H10F5NO3/c1-12(2,3-4(19)20)18-11(21)5-6(13)8(15)10(17)9(16)7(5)14/h3H2,1-2H3,(H,18,21)(H,19,20). The van der Waals surface area contributed by atoms with Crippen molar-refractivity contribution in [2.24, 2.45) is 0 Å². The number of amides is 1. The Kier molecular flexibility index (Phi) is 4.55. The molecule has 1 amide bonds. The van der Waals surface area contributed by atoms with E-state index < -0.39 is 58.5 Å². The zero-order valence-corrected chi connectivity index (χ0v) is 10.9. The topological polar surface area (TPSA) is 66.4 Å². The highest BCUT2D eigenvalue weighted by atomic mass is 19.2. The summed E-state index contributed by atoms with van der Waals surface area (Å²) in [6.45, 7) is 2.43. The molecule has 0 aromatic heterocycles. The number of nitrogens with one attached hydrogen (secondary N) is 1. The summed E-state index contributed by atoms with van der Waals surface area (Å²) in [6.07, 6.45) is -0.617. The molecule has 0 aliphatic rings. The molecule has 0 spiro atoms. The van der Waals surface area contributed by atoms with Crippen LogP contribution < -0.4 is 5.32 Å². The van der Waals surface area contributed by atoms with Crippen molar-refractivity contribution in [1.82, 2.24) is 5.32 Å². The zero-order chi connectivity index (χ0) is 16.5. The van der Waals surface area contributed by atoms with Crippen molar-refractivity contribution >= 4 is 11.9 Å².